The van der Waals surface area contributed by atoms with Crippen molar-refractivity contribution in [2.24, 2.45) is 0 Å². The standard InChI is InChI=1S/C22H28OSi/c1-5-10-21(14-9-13-19-11-7-6-8-12-19)24(3,4)22-17-15-20(23-2)16-18-22/h5-9,11-13,15-18,21H,1,10,14H2,2-4H3/b13-9+. The average Bonchev–Trinajstić information content (AvgIpc) is 2.62. The van der Waals surface area contributed by atoms with Crippen LogP contribution in [0.1, 0.15) is 18.4 Å². The molecule has 2 rings (SSSR count). The van der Waals surface area contributed by atoms with Crippen LogP contribution in [0.3, 0.4) is 0 Å². The number of hydrogen-bond donors (Lipinski definition) is 0. The third-order valence-corrected chi connectivity index (χ3v) is 9.17. The van der Waals surface area contributed by atoms with Gasteiger partial charge in [-0.15, -0.1) is 6.58 Å². The zero-order valence-corrected chi connectivity index (χ0v) is 16.0. The van der Waals surface area contributed by atoms with Crippen molar-refractivity contribution in [3.05, 3.63) is 78.9 Å². The van der Waals surface area contributed by atoms with Gasteiger partial charge in [-0.3, -0.25) is 0 Å². The highest BCUT2D eigenvalue weighted by Gasteiger charge is 2.31. The molecule has 1 unspecified atom stereocenters. The Balaban J connectivity index is 2.14. The molecular formula is C22H28OSi. The molecule has 2 aromatic rings. The van der Waals surface area contributed by atoms with Crippen LogP contribution in [0.5, 0.6) is 5.75 Å². The lowest BCUT2D eigenvalue weighted by molar-refractivity contribution is 0.415. The summed E-state index contributed by atoms with van der Waals surface area (Å²) >= 11 is 0. The second kappa shape index (κ2) is 8.70. The zero-order valence-electron chi connectivity index (χ0n) is 15.0. The second-order valence-electron chi connectivity index (χ2n) is 6.72. The van der Waals surface area contributed by atoms with E-state index in [9.17, 15) is 0 Å². The van der Waals surface area contributed by atoms with Crippen LogP contribution in [0.4, 0.5) is 0 Å². The molecule has 0 saturated heterocycles. The summed E-state index contributed by atoms with van der Waals surface area (Å²) in [7, 11) is 0.133. The first-order valence-electron chi connectivity index (χ1n) is 8.55. The largest absolute Gasteiger partial charge is 0.497 e. The van der Waals surface area contributed by atoms with Gasteiger partial charge < -0.3 is 4.74 Å². The lowest BCUT2D eigenvalue weighted by Gasteiger charge is -2.32. The molecule has 2 heteroatoms. The van der Waals surface area contributed by atoms with Crippen molar-refractivity contribution in [1.29, 1.82) is 0 Å². The van der Waals surface area contributed by atoms with Gasteiger partial charge in [0.1, 0.15) is 5.75 Å². The molecule has 1 atom stereocenters. The molecule has 0 heterocycles. The fourth-order valence-electron chi connectivity index (χ4n) is 3.08. The molecule has 126 valence electrons. The smallest absolute Gasteiger partial charge is 0.118 e. The maximum absolute atomic E-state index is 5.29. The molecular weight excluding hydrogens is 308 g/mol. The van der Waals surface area contributed by atoms with Gasteiger partial charge >= 0.3 is 0 Å². The fourth-order valence-corrected chi connectivity index (χ4v) is 6.05. The normalized spacial score (nSPS) is 13.0. The molecule has 0 radical (unpaired) electrons. The van der Waals surface area contributed by atoms with E-state index in [0.717, 1.165) is 18.6 Å². The van der Waals surface area contributed by atoms with Crippen LogP contribution in [-0.4, -0.2) is 15.2 Å². The molecule has 0 bridgehead atoms. The predicted molar refractivity (Wildman–Crippen MR) is 109 cm³/mol. The van der Waals surface area contributed by atoms with E-state index in [1.165, 1.54) is 10.8 Å². The van der Waals surface area contributed by atoms with Crippen LogP contribution < -0.4 is 9.92 Å². The first-order valence-corrected chi connectivity index (χ1v) is 11.6. The maximum atomic E-state index is 5.29. The van der Waals surface area contributed by atoms with Gasteiger partial charge in [-0.2, -0.15) is 0 Å². The second-order valence-corrected chi connectivity index (χ2v) is 11.6. The summed E-state index contributed by atoms with van der Waals surface area (Å²) in [6.45, 7) is 8.89. The quantitative estimate of drug-likeness (QED) is 0.446. The number of allylic oxidation sites excluding steroid dienone is 2. The third kappa shape index (κ3) is 4.72. The van der Waals surface area contributed by atoms with Crippen LogP contribution in [0.15, 0.2) is 73.3 Å². The average molecular weight is 337 g/mol. The van der Waals surface area contributed by atoms with Crippen LogP contribution in [-0.2, 0) is 0 Å². The van der Waals surface area contributed by atoms with Crippen molar-refractivity contribution < 1.29 is 4.74 Å². The minimum atomic E-state index is -1.58. The number of methoxy groups -OCH3 is 1. The maximum Gasteiger partial charge on any atom is 0.118 e. The summed E-state index contributed by atoms with van der Waals surface area (Å²) in [6.07, 6.45) is 8.77. The summed E-state index contributed by atoms with van der Waals surface area (Å²) in [5, 5.41) is 1.48. The van der Waals surface area contributed by atoms with Crippen LogP contribution >= 0.6 is 0 Å². The van der Waals surface area contributed by atoms with Crippen LogP contribution in [0.25, 0.3) is 6.08 Å². The molecule has 0 spiro atoms. The van der Waals surface area contributed by atoms with E-state index in [2.05, 4.69) is 92.5 Å². The minimum absolute atomic E-state index is 0.642. The van der Waals surface area contributed by atoms with Gasteiger partial charge in [0.05, 0.1) is 15.2 Å². The van der Waals surface area contributed by atoms with Gasteiger partial charge in [-0.05, 0) is 36.1 Å². The highest BCUT2D eigenvalue weighted by molar-refractivity contribution is 6.91. The molecule has 0 fully saturated rings. The Morgan fingerprint density at radius 2 is 1.67 bits per heavy atom. The van der Waals surface area contributed by atoms with E-state index in [0.29, 0.717) is 5.54 Å². The van der Waals surface area contributed by atoms with E-state index in [1.54, 1.807) is 7.11 Å². The number of hydrogen-bond acceptors (Lipinski definition) is 1. The van der Waals surface area contributed by atoms with Crippen LogP contribution in [0.2, 0.25) is 18.6 Å². The summed E-state index contributed by atoms with van der Waals surface area (Å²) in [4.78, 5) is 0. The first kappa shape index (κ1) is 18.3. The van der Waals surface area contributed by atoms with Gasteiger partial charge in [0.15, 0.2) is 0 Å². The van der Waals surface area contributed by atoms with Gasteiger partial charge in [0.2, 0.25) is 0 Å². The van der Waals surface area contributed by atoms with Crippen molar-refractivity contribution in [3.8, 4) is 5.75 Å². The molecule has 0 aliphatic rings. The molecule has 24 heavy (non-hydrogen) atoms. The van der Waals surface area contributed by atoms with E-state index < -0.39 is 8.07 Å². The number of rotatable bonds is 8. The monoisotopic (exact) mass is 336 g/mol. The Morgan fingerprint density at radius 1 is 1.00 bits per heavy atom. The Morgan fingerprint density at radius 3 is 2.25 bits per heavy atom. The molecule has 2 aromatic carbocycles. The lowest BCUT2D eigenvalue weighted by Crippen LogP contribution is -2.45. The van der Waals surface area contributed by atoms with Gasteiger partial charge in [-0.1, -0.05) is 79.0 Å². The third-order valence-electron chi connectivity index (χ3n) is 4.84. The van der Waals surface area contributed by atoms with E-state index in [4.69, 9.17) is 4.74 Å². The zero-order chi connectivity index (χ0) is 17.4. The van der Waals surface area contributed by atoms with Crippen LogP contribution in [0, 0.1) is 0 Å². The van der Waals surface area contributed by atoms with E-state index in [-0.39, 0.29) is 0 Å². The fraction of sp³-hybridized carbons (Fsp3) is 0.273. The Hall–Kier alpha value is -2.06. The molecule has 0 saturated carbocycles. The van der Waals surface area contributed by atoms with Gasteiger partial charge in [0.25, 0.3) is 0 Å². The first-order chi connectivity index (χ1) is 11.6. The highest BCUT2D eigenvalue weighted by Crippen LogP contribution is 2.30. The minimum Gasteiger partial charge on any atom is -0.497 e. The van der Waals surface area contributed by atoms with Crippen molar-refractivity contribution in [3.63, 3.8) is 0 Å². The molecule has 0 amide bonds. The van der Waals surface area contributed by atoms with E-state index >= 15 is 0 Å². The Bertz CT molecular complexity index is 656. The molecule has 0 aromatic heterocycles. The number of ether oxygens (including phenoxy) is 1. The molecule has 0 aliphatic carbocycles. The molecule has 0 N–H and O–H groups in total. The Kier molecular flexibility index (Phi) is 6.62. The summed E-state index contributed by atoms with van der Waals surface area (Å²) in [5.41, 5.74) is 1.90. The van der Waals surface area contributed by atoms with E-state index in [1.807, 2.05) is 0 Å². The van der Waals surface area contributed by atoms with Crippen molar-refractivity contribution in [1.82, 2.24) is 0 Å². The SMILES string of the molecule is C=CCC(C/C=C/c1ccccc1)[Si](C)(C)c1ccc(OC)cc1. The van der Waals surface area contributed by atoms with Crippen molar-refractivity contribution >= 4 is 19.3 Å². The summed E-state index contributed by atoms with van der Waals surface area (Å²) < 4.78 is 5.29. The van der Waals surface area contributed by atoms with Gasteiger partial charge in [-0.25, -0.2) is 0 Å². The van der Waals surface area contributed by atoms with Crippen molar-refractivity contribution in [2.45, 2.75) is 31.5 Å². The summed E-state index contributed by atoms with van der Waals surface area (Å²) in [6, 6.07) is 19.1. The van der Waals surface area contributed by atoms with Gasteiger partial charge in [0, 0.05) is 0 Å². The Labute approximate surface area is 147 Å². The molecule has 0 aliphatic heterocycles. The summed E-state index contributed by atoms with van der Waals surface area (Å²) in [5.74, 6) is 0.924. The molecule has 1 nitrogen and oxygen atoms in total. The highest BCUT2D eigenvalue weighted by atomic mass is 28.3. The topological polar surface area (TPSA) is 9.23 Å². The lowest BCUT2D eigenvalue weighted by atomic mass is 10.1. The predicted octanol–water partition coefficient (Wildman–Crippen LogP) is 5.66. The number of benzene rings is 2. The van der Waals surface area contributed by atoms with Crippen molar-refractivity contribution in [2.75, 3.05) is 7.11 Å².